The van der Waals surface area contributed by atoms with E-state index in [1.54, 1.807) is 30.3 Å². The van der Waals surface area contributed by atoms with E-state index in [1.165, 1.54) is 19.1 Å². The molecule has 3 nitrogen and oxygen atoms in total. The van der Waals surface area contributed by atoms with Crippen molar-refractivity contribution >= 4 is 23.4 Å². The molecule has 0 spiro atoms. The fourth-order valence-corrected chi connectivity index (χ4v) is 2.02. The standard InChI is InChI=1S/C15H11ClO3/c1-9(17)10-3-2-4-11(7-10)14-8-12(16)5-6-13(14)15(18)19/h2-8H,1H3,(H,18,19). The van der Waals surface area contributed by atoms with Crippen molar-refractivity contribution in [2.24, 2.45) is 0 Å². The highest BCUT2D eigenvalue weighted by Crippen LogP contribution is 2.28. The van der Waals surface area contributed by atoms with Crippen LogP contribution < -0.4 is 0 Å². The van der Waals surface area contributed by atoms with Crippen LogP contribution in [0.25, 0.3) is 11.1 Å². The average molecular weight is 275 g/mol. The lowest BCUT2D eigenvalue weighted by molar-refractivity contribution is 0.0697. The SMILES string of the molecule is CC(=O)c1cccc(-c2cc(Cl)ccc2C(=O)O)c1. The second-order valence-corrected chi connectivity index (χ2v) is 4.57. The third-order valence-electron chi connectivity index (χ3n) is 2.79. The fourth-order valence-electron chi connectivity index (χ4n) is 1.85. The minimum Gasteiger partial charge on any atom is -0.478 e. The van der Waals surface area contributed by atoms with Crippen LogP contribution in [-0.2, 0) is 0 Å². The van der Waals surface area contributed by atoms with Crippen LogP contribution in [0.1, 0.15) is 27.6 Å². The zero-order valence-corrected chi connectivity index (χ0v) is 10.9. The van der Waals surface area contributed by atoms with Gasteiger partial charge >= 0.3 is 5.97 Å². The smallest absolute Gasteiger partial charge is 0.336 e. The van der Waals surface area contributed by atoms with E-state index < -0.39 is 5.97 Å². The van der Waals surface area contributed by atoms with Gasteiger partial charge in [-0.15, -0.1) is 0 Å². The van der Waals surface area contributed by atoms with Gasteiger partial charge in [0.15, 0.2) is 5.78 Å². The first kappa shape index (κ1) is 13.3. The van der Waals surface area contributed by atoms with Crippen LogP contribution in [0.5, 0.6) is 0 Å². The molecule has 0 radical (unpaired) electrons. The molecule has 0 fully saturated rings. The fraction of sp³-hybridized carbons (Fsp3) is 0.0667. The Morgan fingerprint density at radius 3 is 2.47 bits per heavy atom. The number of benzene rings is 2. The van der Waals surface area contributed by atoms with Crippen LogP contribution >= 0.6 is 11.6 Å². The maximum Gasteiger partial charge on any atom is 0.336 e. The number of hydrogen-bond acceptors (Lipinski definition) is 2. The van der Waals surface area contributed by atoms with Crippen LogP contribution in [-0.4, -0.2) is 16.9 Å². The Balaban J connectivity index is 2.64. The molecular formula is C15H11ClO3. The van der Waals surface area contributed by atoms with Gasteiger partial charge in [-0.05, 0) is 42.3 Å². The number of aromatic carboxylic acids is 1. The number of carbonyl (C=O) groups excluding carboxylic acids is 1. The van der Waals surface area contributed by atoms with Gasteiger partial charge in [-0.1, -0.05) is 29.8 Å². The third-order valence-corrected chi connectivity index (χ3v) is 3.03. The Kier molecular flexibility index (Phi) is 3.67. The Bertz CT molecular complexity index is 662. The number of halogens is 1. The molecule has 0 bridgehead atoms. The van der Waals surface area contributed by atoms with Gasteiger partial charge in [-0.25, -0.2) is 4.79 Å². The number of carboxylic acids is 1. The molecule has 0 aliphatic carbocycles. The van der Waals surface area contributed by atoms with Gasteiger partial charge in [0.25, 0.3) is 0 Å². The molecule has 19 heavy (non-hydrogen) atoms. The van der Waals surface area contributed by atoms with Crippen LogP contribution in [0, 0.1) is 0 Å². The number of ketones is 1. The molecule has 2 rings (SSSR count). The van der Waals surface area contributed by atoms with Gasteiger partial charge in [0.05, 0.1) is 5.56 Å². The maximum atomic E-state index is 11.4. The van der Waals surface area contributed by atoms with Crippen molar-refractivity contribution in [3.63, 3.8) is 0 Å². The Morgan fingerprint density at radius 1 is 1.11 bits per heavy atom. The summed E-state index contributed by atoms with van der Waals surface area (Å²) >= 11 is 5.91. The monoisotopic (exact) mass is 274 g/mol. The molecule has 96 valence electrons. The lowest BCUT2D eigenvalue weighted by atomic mass is 9.97. The van der Waals surface area contributed by atoms with Crippen molar-refractivity contribution in [3.8, 4) is 11.1 Å². The van der Waals surface area contributed by atoms with Crippen molar-refractivity contribution in [1.29, 1.82) is 0 Å². The Labute approximate surface area is 115 Å². The van der Waals surface area contributed by atoms with Crippen LogP contribution in [0.15, 0.2) is 42.5 Å². The first-order valence-corrected chi connectivity index (χ1v) is 6.01. The van der Waals surface area contributed by atoms with Crippen LogP contribution in [0.3, 0.4) is 0 Å². The van der Waals surface area contributed by atoms with Crippen molar-refractivity contribution in [3.05, 3.63) is 58.6 Å². The summed E-state index contributed by atoms with van der Waals surface area (Å²) in [6.07, 6.45) is 0. The van der Waals surface area contributed by atoms with Crippen LogP contribution in [0.4, 0.5) is 0 Å². The van der Waals surface area contributed by atoms with Gasteiger partial charge in [0.2, 0.25) is 0 Å². The summed E-state index contributed by atoms with van der Waals surface area (Å²) in [4.78, 5) is 22.6. The highest BCUT2D eigenvalue weighted by molar-refractivity contribution is 6.31. The molecule has 0 amide bonds. The summed E-state index contributed by atoms with van der Waals surface area (Å²) in [6.45, 7) is 1.47. The van der Waals surface area contributed by atoms with E-state index in [4.69, 9.17) is 11.6 Å². The first-order valence-electron chi connectivity index (χ1n) is 5.63. The number of carbonyl (C=O) groups is 2. The molecule has 4 heteroatoms. The molecule has 2 aromatic carbocycles. The molecular weight excluding hydrogens is 264 g/mol. The zero-order valence-electron chi connectivity index (χ0n) is 10.2. The number of rotatable bonds is 3. The van der Waals surface area contributed by atoms with Gasteiger partial charge in [0, 0.05) is 10.6 Å². The van der Waals surface area contributed by atoms with Gasteiger partial charge < -0.3 is 5.11 Å². The summed E-state index contributed by atoms with van der Waals surface area (Å²) in [6, 6.07) is 11.4. The van der Waals surface area contributed by atoms with E-state index in [-0.39, 0.29) is 11.3 Å². The maximum absolute atomic E-state index is 11.4. The molecule has 0 saturated carbocycles. The number of Topliss-reactive ketones (excluding diaryl/α,β-unsaturated/α-hetero) is 1. The van der Waals surface area contributed by atoms with Crippen molar-refractivity contribution in [1.82, 2.24) is 0 Å². The lowest BCUT2D eigenvalue weighted by Crippen LogP contribution is -2.00. The number of hydrogen-bond donors (Lipinski definition) is 1. The van der Waals surface area contributed by atoms with Crippen molar-refractivity contribution in [2.45, 2.75) is 6.92 Å². The summed E-state index contributed by atoms with van der Waals surface area (Å²) in [7, 11) is 0. The van der Waals surface area contributed by atoms with E-state index in [1.807, 2.05) is 0 Å². The van der Waals surface area contributed by atoms with E-state index in [0.29, 0.717) is 21.7 Å². The van der Waals surface area contributed by atoms with Crippen LogP contribution in [0.2, 0.25) is 5.02 Å². The molecule has 1 N–H and O–H groups in total. The summed E-state index contributed by atoms with van der Waals surface area (Å²) in [5.41, 5.74) is 1.86. The minimum absolute atomic E-state index is 0.0687. The summed E-state index contributed by atoms with van der Waals surface area (Å²) < 4.78 is 0. The van der Waals surface area contributed by atoms with Crippen molar-refractivity contribution < 1.29 is 14.7 Å². The van der Waals surface area contributed by atoms with Gasteiger partial charge in [0.1, 0.15) is 0 Å². The predicted molar refractivity (Wildman–Crippen MR) is 73.9 cm³/mol. The minimum atomic E-state index is -1.03. The molecule has 0 aromatic heterocycles. The quantitative estimate of drug-likeness (QED) is 0.864. The second-order valence-electron chi connectivity index (χ2n) is 4.13. The van der Waals surface area contributed by atoms with E-state index in [0.717, 1.165) is 0 Å². The number of carboxylic acid groups (broad SMARTS) is 1. The Hall–Kier alpha value is -2.13. The molecule has 0 aliphatic rings. The Morgan fingerprint density at radius 2 is 1.84 bits per heavy atom. The highest BCUT2D eigenvalue weighted by Gasteiger charge is 2.13. The third kappa shape index (κ3) is 2.83. The topological polar surface area (TPSA) is 54.4 Å². The second kappa shape index (κ2) is 5.24. The molecule has 0 atom stereocenters. The van der Waals surface area contributed by atoms with Crippen molar-refractivity contribution in [2.75, 3.05) is 0 Å². The lowest BCUT2D eigenvalue weighted by Gasteiger charge is -2.08. The van der Waals surface area contributed by atoms with E-state index in [9.17, 15) is 14.7 Å². The largest absolute Gasteiger partial charge is 0.478 e. The summed E-state index contributed by atoms with van der Waals surface area (Å²) in [5.74, 6) is -1.10. The predicted octanol–water partition coefficient (Wildman–Crippen LogP) is 3.91. The van der Waals surface area contributed by atoms with E-state index >= 15 is 0 Å². The summed E-state index contributed by atoms with van der Waals surface area (Å²) in [5, 5.41) is 9.64. The molecule has 0 aliphatic heterocycles. The molecule has 2 aromatic rings. The molecule has 0 unspecified atom stereocenters. The van der Waals surface area contributed by atoms with Gasteiger partial charge in [-0.3, -0.25) is 4.79 Å². The zero-order chi connectivity index (χ0) is 14.0. The van der Waals surface area contributed by atoms with E-state index in [2.05, 4.69) is 0 Å². The van der Waals surface area contributed by atoms with Gasteiger partial charge in [-0.2, -0.15) is 0 Å². The normalized spacial score (nSPS) is 10.2. The molecule has 0 heterocycles. The highest BCUT2D eigenvalue weighted by atomic mass is 35.5. The first-order chi connectivity index (χ1) is 8.99. The molecule has 0 saturated heterocycles. The average Bonchev–Trinajstić information content (AvgIpc) is 2.38.